The van der Waals surface area contributed by atoms with Gasteiger partial charge in [0.2, 0.25) is 0 Å². The molecule has 0 bridgehead atoms. The van der Waals surface area contributed by atoms with Crippen molar-refractivity contribution in [3.8, 4) is 6.07 Å². The average Bonchev–Trinajstić information content (AvgIpc) is 3.01. The minimum atomic E-state index is -0.784. The normalized spacial score (nSPS) is 24.5. The number of nitrogens with zero attached hydrogens (tertiary/aromatic N) is 3. The smallest absolute Gasteiger partial charge is 0.322 e. The van der Waals surface area contributed by atoms with Gasteiger partial charge in [0, 0.05) is 25.7 Å². The van der Waals surface area contributed by atoms with Gasteiger partial charge in [0.15, 0.2) is 0 Å². The third kappa shape index (κ3) is 2.68. The third-order valence-corrected chi connectivity index (χ3v) is 4.52. The van der Waals surface area contributed by atoms with E-state index in [-0.39, 0.29) is 18.0 Å². The van der Waals surface area contributed by atoms with E-state index in [1.165, 1.54) is 4.90 Å². The number of hydrogen-bond acceptors (Lipinski definition) is 4. The van der Waals surface area contributed by atoms with Crippen LogP contribution in [0.4, 0.5) is 4.79 Å². The highest BCUT2D eigenvalue weighted by molar-refractivity contribution is 6.07. The van der Waals surface area contributed by atoms with E-state index < -0.39 is 5.54 Å². The number of rotatable bonds is 3. The molecule has 3 rings (SSSR count). The molecule has 0 radical (unpaired) electrons. The molecule has 2 aliphatic heterocycles. The van der Waals surface area contributed by atoms with Crippen LogP contribution in [0.3, 0.4) is 0 Å². The number of likely N-dealkylation sites (tertiary alicyclic amines) is 1. The molecule has 2 saturated heterocycles. The highest BCUT2D eigenvalue weighted by Crippen LogP contribution is 2.30. The molecular formula is C17H20N4O2. The molecule has 1 aromatic carbocycles. The SMILES string of the molecule is CC(C)N1C(=O)NC2(CCN(Cc3cccc(C#N)c3)C2)C1=O. The van der Waals surface area contributed by atoms with Gasteiger partial charge in [-0.25, -0.2) is 4.79 Å². The second-order valence-corrected chi connectivity index (χ2v) is 6.55. The molecule has 0 aromatic heterocycles. The van der Waals surface area contributed by atoms with E-state index in [2.05, 4.69) is 16.3 Å². The van der Waals surface area contributed by atoms with Crippen LogP contribution < -0.4 is 5.32 Å². The van der Waals surface area contributed by atoms with E-state index in [9.17, 15) is 9.59 Å². The number of benzene rings is 1. The molecule has 2 aliphatic rings. The summed E-state index contributed by atoms with van der Waals surface area (Å²) in [7, 11) is 0. The van der Waals surface area contributed by atoms with Gasteiger partial charge in [0.1, 0.15) is 5.54 Å². The first-order valence-corrected chi connectivity index (χ1v) is 7.82. The Balaban J connectivity index is 1.72. The molecule has 120 valence electrons. The summed E-state index contributed by atoms with van der Waals surface area (Å²) >= 11 is 0. The summed E-state index contributed by atoms with van der Waals surface area (Å²) in [5, 5.41) is 11.9. The Labute approximate surface area is 135 Å². The second-order valence-electron chi connectivity index (χ2n) is 6.55. The minimum absolute atomic E-state index is 0.120. The molecule has 2 fully saturated rings. The fourth-order valence-corrected chi connectivity index (χ4v) is 3.41. The Morgan fingerprint density at radius 2 is 2.17 bits per heavy atom. The van der Waals surface area contributed by atoms with Gasteiger partial charge < -0.3 is 5.32 Å². The van der Waals surface area contributed by atoms with Crippen LogP contribution in [0.25, 0.3) is 0 Å². The Bertz CT molecular complexity index is 694. The van der Waals surface area contributed by atoms with Gasteiger partial charge in [0.25, 0.3) is 5.91 Å². The van der Waals surface area contributed by atoms with Crippen LogP contribution in [-0.4, -0.2) is 46.4 Å². The maximum Gasteiger partial charge on any atom is 0.325 e. The molecule has 1 unspecified atom stereocenters. The third-order valence-electron chi connectivity index (χ3n) is 4.52. The molecule has 2 heterocycles. The first kappa shape index (κ1) is 15.5. The van der Waals surface area contributed by atoms with Crippen molar-refractivity contribution in [2.45, 2.75) is 38.4 Å². The molecule has 1 N–H and O–H groups in total. The number of hydrogen-bond donors (Lipinski definition) is 1. The van der Waals surface area contributed by atoms with Crippen LogP contribution in [-0.2, 0) is 11.3 Å². The maximum absolute atomic E-state index is 12.7. The second kappa shape index (κ2) is 5.67. The molecule has 6 nitrogen and oxygen atoms in total. The Kier molecular flexibility index (Phi) is 3.82. The molecule has 6 heteroatoms. The summed E-state index contributed by atoms with van der Waals surface area (Å²) in [4.78, 5) is 28.2. The van der Waals surface area contributed by atoms with Crippen molar-refractivity contribution in [2.75, 3.05) is 13.1 Å². The Morgan fingerprint density at radius 3 is 2.83 bits per heavy atom. The van der Waals surface area contributed by atoms with Crippen LogP contribution in [0.15, 0.2) is 24.3 Å². The summed E-state index contributed by atoms with van der Waals surface area (Å²) in [5.41, 5.74) is 0.889. The van der Waals surface area contributed by atoms with Gasteiger partial charge in [0.05, 0.1) is 11.6 Å². The highest BCUT2D eigenvalue weighted by atomic mass is 16.2. The largest absolute Gasteiger partial charge is 0.325 e. The van der Waals surface area contributed by atoms with Crippen LogP contribution in [0, 0.1) is 11.3 Å². The summed E-state index contributed by atoms with van der Waals surface area (Å²) in [5.74, 6) is -0.120. The first-order valence-electron chi connectivity index (χ1n) is 7.82. The zero-order valence-corrected chi connectivity index (χ0v) is 13.4. The molecule has 1 aromatic rings. The molecule has 0 aliphatic carbocycles. The van der Waals surface area contributed by atoms with Crippen molar-refractivity contribution in [1.82, 2.24) is 15.1 Å². The number of carbonyl (C=O) groups is 2. The van der Waals surface area contributed by atoms with Crippen molar-refractivity contribution in [1.29, 1.82) is 5.26 Å². The van der Waals surface area contributed by atoms with Crippen LogP contribution in [0.5, 0.6) is 0 Å². The highest BCUT2D eigenvalue weighted by Gasteiger charge is 2.55. The van der Waals surface area contributed by atoms with Gasteiger partial charge in [-0.1, -0.05) is 12.1 Å². The predicted molar refractivity (Wildman–Crippen MR) is 84.3 cm³/mol. The summed E-state index contributed by atoms with van der Waals surface area (Å²) in [6.07, 6.45) is 0.624. The lowest BCUT2D eigenvalue weighted by atomic mass is 9.98. The van der Waals surface area contributed by atoms with E-state index in [0.717, 1.165) is 12.1 Å². The number of carbonyl (C=O) groups excluding carboxylic acids is 2. The fraction of sp³-hybridized carbons (Fsp3) is 0.471. The number of urea groups is 1. The first-order chi connectivity index (χ1) is 10.9. The number of amides is 3. The van der Waals surface area contributed by atoms with Crippen LogP contribution in [0.1, 0.15) is 31.4 Å². The van der Waals surface area contributed by atoms with E-state index in [0.29, 0.717) is 25.1 Å². The van der Waals surface area contributed by atoms with Crippen molar-refractivity contribution in [2.24, 2.45) is 0 Å². The summed E-state index contributed by atoms with van der Waals surface area (Å²) < 4.78 is 0. The molecule has 1 atom stereocenters. The maximum atomic E-state index is 12.7. The molecule has 0 saturated carbocycles. The molecule has 23 heavy (non-hydrogen) atoms. The standard InChI is InChI=1S/C17H20N4O2/c1-12(2)21-15(22)17(19-16(21)23)6-7-20(11-17)10-14-5-3-4-13(8-14)9-18/h3-5,8,12H,6-7,10-11H2,1-2H3,(H,19,23). The van der Waals surface area contributed by atoms with E-state index in [4.69, 9.17) is 5.26 Å². The molecule has 1 spiro atoms. The van der Waals surface area contributed by atoms with Crippen molar-refractivity contribution in [3.05, 3.63) is 35.4 Å². The van der Waals surface area contributed by atoms with Gasteiger partial charge >= 0.3 is 6.03 Å². The van der Waals surface area contributed by atoms with Crippen molar-refractivity contribution >= 4 is 11.9 Å². The quantitative estimate of drug-likeness (QED) is 0.857. The van der Waals surface area contributed by atoms with Crippen molar-refractivity contribution in [3.63, 3.8) is 0 Å². The van der Waals surface area contributed by atoms with Crippen molar-refractivity contribution < 1.29 is 9.59 Å². The summed E-state index contributed by atoms with van der Waals surface area (Å²) in [6.45, 7) is 5.61. The van der Waals surface area contributed by atoms with E-state index >= 15 is 0 Å². The number of imide groups is 1. The molecule has 3 amide bonds. The molecular weight excluding hydrogens is 292 g/mol. The monoisotopic (exact) mass is 312 g/mol. The van der Waals surface area contributed by atoms with Crippen LogP contribution >= 0.6 is 0 Å². The zero-order valence-electron chi connectivity index (χ0n) is 13.4. The minimum Gasteiger partial charge on any atom is -0.322 e. The van der Waals surface area contributed by atoms with Gasteiger partial charge in [-0.2, -0.15) is 5.26 Å². The summed E-state index contributed by atoms with van der Waals surface area (Å²) in [6, 6.07) is 9.18. The topological polar surface area (TPSA) is 76.4 Å². The fourth-order valence-electron chi connectivity index (χ4n) is 3.41. The van der Waals surface area contributed by atoms with Gasteiger partial charge in [-0.05, 0) is 38.0 Å². The lowest BCUT2D eigenvalue weighted by molar-refractivity contribution is -0.132. The predicted octanol–water partition coefficient (Wildman–Crippen LogP) is 1.46. The lowest BCUT2D eigenvalue weighted by Gasteiger charge is -2.23. The number of nitriles is 1. The Hall–Kier alpha value is -2.39. The lowest BCUT2D eigenvalue weighted by Crippen LogP contribution is -2.49. The number of nitrogens with one attached hydrogen (secondary N) is 1. The van der Waals surface area contributed by atoms with E-state index in [1.807, 2.05) is 32.0 Å². The van der Waals surface area contributed by atoms with Gasteiger partial charge in [-0.15, -0.1) is 0 Å². The van der Waals surface area contributed by atoms with E-state index in [1.54, 1.807) is 6.07 Å². The average molecular weight is 312 g/mol. The van der Waals surface area contributed by atoms with Crippen LogP contribution in [0.2, 0.25) is 0 Å². The Morgan fingerprint density at radius 1 is 1.39 bits per heavy atom. The van der Waals surface area contributed by atoms with Gasteiger partial charge in [-0.3, -0.25) is 14.6 Å². The zero-order chi connectivity index (χ0) is 16.6.